The third kappa shape index (κ3) is 4.62. The van der Waals surface area contributed by atoms with Crippen LogP contribution in [0.2, 0.25) is 0 Å². The normalized spacial score (nSPS) is 12.5. The van der Waals surface area contributed by atoms with E-state index in [1.807, 2.05) is 0 Å². The van der Waals surface area contributed by atoms with Crippen LogP contribution in [0.1, 0.15) is 74.9 Å². The Morgan fingerprint density at radius 3 is 1.03 bits per heavy atom. The Bertz CT molecular complexity index is 1530. The smallest absolute Gasteiger partial charge is 0.0972 e. The number of hydrogen-bond donors (Lipinski definition) is 0. The van der Waals surface area contributed by atoms with Gasteiger partial charge < -0.3 is 0 Å². The van der Waals surface area contributed by atoms with Crippen molar-refractivity contribution in [3.8, 4) is 22.5 Å². The van der Waals surface area contributed by atoms with Crippen LogP contribution in [0.25, 0.3) is 44.3 Å². The molecule has 2 heterocycles. The number of benzene rings is 3. The Balaban J connectivity index is 1.70. The molecular formula is C36H40N2. The van der Waals surface area contributed by atoms with E-state index >= 15 is 0 Å². The zero-order valence-corrected chi connectivity index (χ0v) is 24.7. The number of aryl methyl sites for hydroxylation is 4. The highest BCUT2D eigenvalue weighted by molar-refractivity contribution is 6.04. The van der Waals surface area contributed by atoms with Gasteiger partial charge in [0.1, 0.15) is 0 Å². The topological polar surface area (TPSA) is 25.8 Å². The van der Waals surface area contributed by atoms with Crippen LogP contribution in [0.4, 0.5) is 0 Å². The van der Waals surface area contributed by atoms with Crippen LogP contribution in [0.3, 0.4) is 0 Å². The Morgan fingerprint density at radius 1 is 0.447 bits per heavy atom. The van der Waals surface area contributed by atoms with E-state index < -0.39 is 0 Å². The van der Waals surface area contributed by atoms with E-state index in [1.54, 1.807) is 0 Å². The summed E-state index contributed by atoms with van der Waals surface area (Å²) < 4.78 is 0. The first kappa shape index (κ1) is 26.1. The fraction of sp³-hybridized carbons (Fsp3) is 0.333. The molecule has 38 heavy (non-hydrogen) atoms. The first-order chi connectivity index (χ1) is 17.7. The molecule has 0 saturated heterocycles. The lowest BCUT2D eigenvalue weighted by atomic mass is 9.83. The molecule has 2 nitrogen and oxygen atoms in total. The Labute approximate surface area is 228 Å². The second-order valence-electron chi connectivity index (χ2n) is 13.1. The van der Waals surface area contributed by atoms with Gasteiger partial charge in [0.15, 0.2) is 0 Å². The molecular weight excluding hydrogens is 460 g/mol. The SMILES string of the molecule is Cc1cc(C(C)(C)C)cc(C)c1-c1ccc2ccc3ccc(-c4c(C)cc(C(C)(C)C)cc4C)nc3c2n1. The van der Waals surface area contributed by atoms with Crippen LogP contribution in [0.15, 0.2) is 60.7 Å². The van der Waals surface area contributed by atoms with Crippen LogP contribution in [-0.2, 0) is 10.8 Å². The molecule has 3 aromatic carbocycles. The van der Waals surface area contributed by atoms with Crippen molar-refractivity contribution in [3.63, 3.8) is 0 Å². The molecule has 0 aliphatic heterocycles. The highest BCUT2D eigenvalue weighted by Gasteiger charge is 2.20. The van der Waals surface area contributed by atoms with Crippen LogP contribution >= 0.6 is 0 Å². The fourth-order valence-corrected chi connectivity index (χ4v) is 5.65. The van der Waals surface area contributed by atoms with E-state index in [0.717, 1.165) is 33.2 Å². The van der Waals surface area contributed by atoms with E-state index in [1.165, 1.54) is 44.5 Å². The minimum absolute atomic E-state index is 0.114. The highest BCUT2D eigenvalue weighted by atomic mass is 14.8. The first-order valence-corrected chi connectivity index (χ1v) is 13.7. The summed E-state index contributed by atoms with van der Waals surface area (Å²) in [4.78, 5) is 10.5. The van der Waals surface area contributed by atoms with Gasteiger partial charge in [0.2, 0.25) is 0 Å². The van der Waals surface area contributed by atoms with E-state index in [0.29, 0.717) is 0 Å². The molecule has 5 aromatic rings. The van der Waals surface area contributed by atoms with Gasteiger partial charge in [0, 0.05) is 21.9 Å². The van der Waals surface area contributed by atoms with Gasteiger partial charge >= 0.3 is 0 Å². The zero-order chi connectivity index (χ0) is 27.6. The van der Waals surface area contributed by atoms with Crippen molar-refractivity contribution in [2.45, 2.75) is 80.1 Å². The quantitative estimate of drug-likeness (QED) is 0.225. The predicted molar refractivity (Wildman–Crippen MR) is 164 cm³/mol. The maximum atomic E-state index is 5.25. The fourth-order valence-electron chi connectivity index (χ4n) is 5.65. The predicted octanol–water partition coefficient (Wildman–Crippen LogP) is 9.95. The first-order valence-electron chi connectivity index (χ1n) is 13.7. The number of aromatic nitrogens is 2. The van der Waals surface area contributed by atoms with Gasteiger partial charge in [-0.2, -0.15) is 0 Å². The second kappa shape index (κ2) is 9.05. The number of rotatable bonds is 2. The summed E-state index contributed by atoms with van der Waals surface area (Å²) in [7, 11) is 0. The highest BCUT2D eigenvalue weighted by Crippen LogP contribution is 2.36. The third-order valence-electron chi connectivity index (χ3n) is 7.83. The van der Waals surface area contributed by atoms with Crippen molar-refractivity contribution in [3.05, 3.63) is 94.0 Å². The average molecular weight is 501 g/mol. The third-order valence-corrected chi connectivity index (χ3v) is 7.83. The van der Waals surface area contributed by atoms with Crippen molar-refractivity contribution >= 4 is 21.8 Å². The van der Waals surface area contributed by atoms with E-state index in [-0.39, 0.29) is 10.8 Å². The maximum Gasteiger partial charge on any atom is 0.0972 e. The molecule has 0 unspecified atom stereocenters. The van der Waals surface area contributed by atoms with Gasteiger partial charge in [-0.25, -0.2) is 9.97 Å². The molecule has 194 valence electrons. The van der Waals surface area contributed by atoms with Crippen molar-refractivity contribution in [1.29, 1.82) is 0 Å². The van der Waals surface area contributed by atoms with Crippen molar-refractivity contribution < 1.29 is 0 Å². The van der Waals surface area contributed by atoms with Gasteiger partial charge in [-0.3, -0.25) is 0 Å². The molecule has 0 radical (unpaired) electrons. The summed E-state index contributed by atoms with van der Waals surface area (Å²) in [5.74, 6) is 0. The lowest BCUT2D eigenvalue weighted by Gasteiger charge is -2.22. The van der Waals surface area contributed by atoms with Gasteiger partial charge in [0.25, 0.3) is 0 Å². The minimum atomic E-state index is 0.114. The lowest BCUT2D eigenvalue weighted by molar-refractivity contribution is 0.589. The van der Waals surface area contributed by atoms with Crippen molar-refractivity contribution in [1.82, 2.24) is 9.97 Å². The summed E-state index contributed by atoms with van der Waals surface area (Å²) in [6.45, 7) is 22.4. The molecule has 0 saturated carbocycles. The Kier molecular flexibility index (Phi) is 6.21. The van der Waals surface area contributed by atoms with Crippen molar-refractivity contribution in [2.75, 3.05) is 0 Å². The standard InChI is InChI=1S/C36H40N2/c1-21-17-27(35(5,6)7)18-22(2)31(21)29-15-13-25-11-12-26-14-16-30(38-34(26)33(25)37-29)32-23(3)19-28(20-24(32)4)36(8,9)10/h11-20H,1-10H3. The van der Waals surface area contributed by atoms with Gasteiger partial charge in [-0.1, -0.05) is 90.1 Å². The van der Waals surface area contributed by atoms with Crippen LogP contribution < -0.4 is 0 Å². The van der Waals surface area contributed by atoms with E-state index in [9.17, 15) is 0 Å². The molecule has 0 aliphatic rings. The van der Waals surface area contributed by atoms with E-state index in [2.05, 4.69) is 130 Å². The average Bonchev–Trinajstić information content (AvgIpc) is 2.82. The van der Waals surface area contributed by atoms with Crippen LogP contribution in [0.5, 0.6) is 0 Å². The molecule has 0 N–H and O–H groups in total. The summed E-state index contributed by atoms with van der Waals surface area (Å²) in [5, 5.41) is 2.23. The Hall–Kier alpha value is -3.52. The van der Waals surface area contributed by atoms with Gasteiger partial charge in [-0.05, 0) is 84.0 Å². The minimum Gasteiger partial charge on any atom is -0.245 e. The molecule has 0 bridgehead atoms. The molecule has 2 heteroatoms. The molecule has 0 aliphatic carbocycles. The monoisotopic (exact) mass is 500 g/mol. The second-order valence-corrected chi connectivity index (χ2v) is 13.1. The van der Waals surface area contributed by atoms with Crippen molar-refractivity contribution in [2.24, 2.45) is 0 Å². The molecule has 5 rings (SSSR count). The van der Waals surface area contributed by atoms with Crippen LogP contribution in [0, 0.1) is 27.7 Å². The summed E-state index contributed by atoms with van der Waals surface area (Å²) in [6, 6.07) is 22.3. The lowest BCUT2D eigenvalue weighted by Crippen LogP contribution is -2.12. The number of pyridine rings is 2. The largest absolute Gasteiger partial charge is 0.245 e. The number of nitrogens with zero attached hydrogens (tertiary/aromatic N) is 2. The molecule has 0 atom stereocenters. The summed E-state index contributed by atoms with van der Waals surface area (Å²) in [6.07, 6.45) is 0. The molecule has 2 aromatic heterocycles. The molecule has 0 fully saturated rings. The molecule has 0 spiro atoms. The van der Waals surface area contributed by atoms with Gasteiger partial charge in [0.05, 0.1) is 22.4 Å². The number of hydrogen-bond acceptors (Lipinski definition) is 2. The Morgan fingerprint density at radius 2 is 0.737 bits per heavy atom. The summed E-state index contributed by atoms with van der Waals surface area (Å²) >= 11 is 0. The van der Waals surface area contributed by atoms with E-state index in [4.69, 9.17) is 9.97 Å². The maximum absolute atomic E-state index is 5.25. The molecule has 0 amide bonds. The summed E-state index contributed by atoms with van der Waals surface area (Å²) in [5.41, 5.74) is 14.4. The number of fused-ring (bicyclic) bond motifs is 3. The van der Waals surface area contributed by atoms with Crippen LogP contribution in [-0.4, -0.2) is 9.97 Å². The zero-order valence-electron chi connectivity index (χ0n) is 24.7. The van der Waals surface area contributed by atoms with Gasteiger partial charge in [-0.15, -0.1) is 0 Å².